The van der Waals surface area contributed by atoms with Crippen LogP contribution in [-0.4, -0.2) is 50.5 Å². The van der Waals surface area contributed by atoms with Gasteiger partial charge in [-0.2, -0.15) is 0 Å². The molecule has 2 atom stereocenters. The van der Waals surface area contributed by atoms with Crippen molar-refractivity contribution in [3.8, 4) is 0 Å². The average Bonchev–Trinajstić information content (AvgIpc) is 2.90. The van der Waals surface area contributed by atoms with E-state index < -0.39 is 10.0 Å². The van der Waals surface area contributed by atoms with Gasteiger partial charge in [-0.1, -0.05) is 6.92 Å². The van der Waals surface area contributed by atoms with Crippen LogP contribution in [0, 0.1) is 0 Å². The van der Waals surface area contributed by atoms with Crippen LogP contribution in [0.3, 0.4) is 0 Å². The molecule has 6 nitrogen and oxygen atoms in total. The second-order valence-electron chi connectivity index (χ2n) is 5.81. The number of hydrogen-bond acceptors (Lipinski definition) is 4. The average molecular weight is 314 g/mol. The van der Waals surface area contributed by atoms with Gasteiger partial charge < -0.3 is 15.2 Å². The van der Waals surface area contributed by atoms with Crippen molar-refractivity contribution in [2.75, 3.05) is 20.1 Å². The first-order valence-corrected chi connectivity index (χ1v) is 9.01. The molecule has 0 amide bonds. The van der Waals surface area contributed by atoms with Gasteiger partial charge in [-0.3, -0.25) is 0 Å². The minimum atomic E-state index is -3.43. The van der Waals surface area contributed by atoms with Crippen LogP contribution in [0.2, 0.25) is 0 Å². The minimum absolute atomic E-state index is 0.0216. The summed E-state index contributed by atoms with van der Waals surface area (Å²) in [4.78, 5) is 5.59. The number of rotatable bonds is 6. The van der Waals surface area contributed by atoms with E-state index in [9.17, 15) is 8.42 Å². The fourth-order valence-corrected chi connectivity index (χ4v) is 3.92. The zero-order chi connectivity index (χ0) is 15.5. The van der Waals surface area contributed by atoms with E-state index >= 15 is 0 Å². The zero-order valence-electron chi connectivity index (χ0n) is 13.0. The van der Waals surface area contributed by atoms with Crippen molar-refractivity contribution in [1.29, 1.82) is 0 Å². The lowest BCUT2D eigenvalue weighted by atomic mass is 10.0. The van der Waals surface area contributed by atoms with Gasteiger partial charge in [0.1, 0.15) is 0 Å². The van der Waals surface area contributed by atoms with E-state index in [0.29, 0.717) is 17.5 Å². The highest BCUT2D eigenvalue weighted by Gasteiger charge is 2.27. The Morgan fingerprint density at radius 3 is 2.90 bits per heavy atom. The zero-order valence-corrected chi connectivity index (χ0v) is 13.8. The van der Waals surface area contributed by atoms with Gasteiger partial charge in [-0.05, 0) is 46.0 Å². The molecule has 2 unspecified atom stereocenters. The molecule has 3 N–H and O–H groups in total. The van der Waals surface area contributed by atoms with Crippen LogP contribution >= 0.6 is 0 Å². The van der Waals surface area contributed by atoms with Gasteiger partial charge in [0.15, 0.2) is 0 Å². The summed E-state index contributed by atoms with van der Waals surface area (Å²) in [5.74, 6) is 0. The van der Waals surface area contributed by atoms with Crippen molar-refractivity contribution in [3.05, 3.63) is 18.0 Å². The van der Waals surface area contributed by atoms with Crippen LogP contribution in [0.15, 0.2) is 17.2 Å². The molecule has 1 aliphatic heterocycles. The summed E-state index contributed by atoms with van der Waals surface area (Å²) in [7, 11) is -1.35. The fraction of sp³-hybridized carbons (Fsp3) is 0.714. The molecule has 21 heavy (non-hydrogen) atoms. The van der Waals surface area contributed by atoms with Gasteiger partial charge in [-0.25, -0.2) is 13.1 Å². The van der Waals surface area contributed by atoms with Gasteiger partial charge in [0.2, 0.25) is 10.0 Å². The van der Waals surface area contributed by atoms with Crippen molar-refractivity contribution < 1.29 is 8.42 Å². The number of aromatic nitrogens is 1. The van der Waals surface area contributed by atoms with E-state index in [1.165, 1.54) is 0 Å². The van der Waals surface area contributed by atoms with Crippen molar-refractivity contribution in [3.63, 3.8) is 0 Å². The van der Waals surface area contributed by atoms with Crippen LogP contribution in [-0.2, 0) is 16.6 Å². The smallest absolute Gasteiger partial charge is 0.242 e. The van der Waals surface area contributed by atoms with Gasteiger partial charge in [0.05, 0.1) is 4.90 Å². The van der Waals surface area contributed by atoms with Crippen LogP contribution < -0.4 is 10.0 Å². The Morgan fingerprint density at radius 1 is 1.48 bits per heavy atom. The quantitative estimate of drug-likeness (QED) is 0.729. The lowest BCUT2D eigenvalue weighted by Gasteiger charge is -2.35. The fourth-order valence-electron chi connectivity index (χ4n) is 2.62. The Morgan fingerprint density at radius 2 is 2.24 bits per heavy atom. The molecule has 1 aliphatic rings. The summed E-state index contributed by atoms with van der Waals surface area (Å²) in [5, 5.41) is 3.17. The van der Waals surface area contributed by atoms with Crippen LogP contribution in [0.4, 0.5) is 0 Å². The second kappa shape index (κ2) is 6.91. The second-order valence-corrected chi connectivity index (χ2v) is 7.53. The largest absolute Gasteiger partial charge is 0.363 e. The molecule has 2 heterocycles. The van der Waals surface area contributed by atoms with E-state index in [4.69, 9.17) is 0 Å². The standard InChI is InChI=1S/C14H26N4O2S/c1-4-15-9-13-8-14(10-16-13)21(19,20)17-12-5-6-18(3)11(2)7-12/h8,10-12,15-17H,4-7,9H2,1-3H3. The van der Waals surface area contributed by atoms with Gasteiger partial charge in [-0.15, -0.1) is 0 Å². The van der Waals surface area contributed by atoms with E-state index in [1.807, 2.05) is 6.92 Å². The summed E-state index contributed by atoms with van der Waals surface area (Å²) in [6.45, 7) is 6.58. The van der Waals surface area contributed by atoms with Crippen molar-refractivity contribution in [1.82, 2.24) is 19.9 Å². The number of nitrogens with zero attached hydrogens (tertiary/aromatic N) is 1. The molecular formula is C14H26N4O2S. The molecule has 1 aromatic heterocycles. The van der Waals surface area contributed by atoms with E-state index in [1.54, 1.807) is 12.3 Å². The predicted molar refractivity (Wildman–Crippen MR) is 83.6 cm³/mol. The third kappa shape index (κ3) is 4.29. The normalized spacial score (nSPS) is 24.3. The summed E-state index contributed by atoms with van der Waals surface area (Å²) in [5.41, 5.74) is 0.883. The molecule has 1 fully saturated rings. The van der Waals surface area contributed by atoms with Gasteiger partial charge in [0, 0.05) is 30.5 Å². The van der Waals surface area contributed by atoms with Crippen molar-refractivity contribution in [2.45, 2.75) is 50.2 Å². The molecule has 0 bridgehead atoms. The lowest BCUT2D eigenvalue weighted by Crippen LogP contribution is -2.47. The molecule has 0 spiro atoms. The highest BCUT2D eigenvalue weighted by molar-refractivity contribution is 7.89. The number of aromatic amines is 1. The van der Waals surface area contributed by atoms with Crippen LogP contribution in [0.5, 0.6) is 0 Å². The van der Waals surface area contributed by atoms with E-state index in [0.717, 1.165) is 31.6 Å². The maximum absolute atomic E-state index is 12.4. The number of likely N-dealkylation sites (tertiary alicyclic amines) is 1. The summed E-state index contributed by atoms with van der Waals surface area (Å²) >= 11 is 0. The van der Waals surface area contributed by atoms with Gasteiger partial charge in [0.25, 0.3) is 0 Å². The maximum atomic E-state index is 12.4. The molecule has 0 aromatic carbocycles. The predicted octanol–water partition coefficient (Wildman–Crippen LogP) is 0.885. The van der Waals surface area contributed by atoms with Crippen molar-refractivity contribution in [2.24, 2.45) is 0 Å². The number of H-pyrrole nitrogens is 1. The molecule has 0 saturated carbocycles. The Balaban J connectivity index is 1.99. The Hall–Kier alpha value is -0.890. The number of nitrogens with one attached hydrogen (secondary N) is 3. The maximum Gasteiger partial charge on any atom is 0.242 e. The number of hydrogen-bond donors (Lipinski definition) is 3. The molecule has 0 aliphatic carbocycles. The monoisotopic (exact) mass is 314 g/mol. The molecule has 7 heteroatoms. The molecule has 1 aromatic rings. The molecule has 0 radical (unpaired) electrons. The SMILES string of the molecule is CCNCc1cc(S(=O)(=O)NC2CCN(C)C(C)C2)c[nH]1. The lowest BCUT2D eigenvalue weighted by molar-refractivity contribution is 0.178. The highest BCUT2D eigenvalue weighted by atomic mass is 32.2. The first-order valence-electron chi connectivity index (χ1n) is 7.53. The summed E-state index contributed by atoms with van der Waals surface area (Å²) in [6.07, 6.45) is 3.27. The molecule has 2 rings (SSSR count). The molecule has 120 valence electrons. The van der Waals surface area contributed by atoms with Crippen LogP contribution in [0.1, 0.15) is 32.4 Å². The topological polar surface area (TPSA) is 77.2 Å². The highest BCUT2D eigenvalue weighted by Crippen LogP contribution is 2.18. The minimum Gasteiger partial charge on any atom is -0.363 e. The van der Waals surface area contributed by atoms with E-state index in [2.05, 4.69) is 33.9 Å². The van der Waals surface area contributed by atoms with Crippen LogP contribution in [0.25, 0.3) is 0 Å². The third-order valence-electron chi connectivity index (χ3n) is 4.12. The first kappa shape index (κ1) is 16.5. The van der Waals surface area contributed by atoms with Gasteiger partial charge >= 0.3 is 0 Å². The van der Waals surface area contributed by atoms with E-state index in [-0.39, 0.29) is 6.04 Å². The first-order chi connectivity index (χ1) is 9.92. The third-order valence-corrected chi connectivity index (χ3v) is 5.62. The Labute approximate surface area is 127 Å². The Kier molecular flexibility index (Phi) is 5.43. The van der Waals surface area contributed by atoms with Crippen molar-refractivity contribution >= 4 is 10.0 Å². The summed E-state index contributed by atoms with van der Waals surface area (Å²) < 4.78 is 27.7. The summed E-state index contributed by atoms with van der Waals surface area (Å²) in [6, 6.07) is 2.12. The Bertz CT molecular complexity index is 555. The molecular weight excluding hydrogens is 288 g/mol. The number of piperidine rings is 1. The number of sulfonamides is 1. The molecule has 1 saturated heterocycles.